The van der Waals surface area contributed by atoms with Crippen LogP contribution in [-0.2, 0) is 4.79 Å². The Bertz CT molecular complexity index is 1000. The lowest BCUT2D eigenvalue weighted by Crippen LogP contribution is -2.46. The molecule has 1 aromatic rings. The lowest BCUT2D eigenvalue weighted by molar-refractivity contribution is -0.131. The second kappa shape index (κ2) is 12.3. The standard InChI is InChI=1S/C24H35F2N7O/c1-5-6-7-20(25)22(26)16(4)33(29)24(31-28)19-13-18(14-30-23(19)27)17-8-10-32(11-9-17)21(34)12-15(2)3/h6-8,13-16H,5,9-12,28-29H2,1-4H3,(H2,27,30)/b7-6-,22-20-,31-24-. The molecule has 0 spiro atoms. The summed E-state index contributed by atoms with van der Waals surface area (Å²) in [5, 5.41) is 4.61. The molecule has 34 heavy (non-hydrogen) atoms. The number of carbonyl (C=O) groups excluding carboxylic acids is 1. The van der Waals surface area contributed by atoms with Gasteiger partial charge in [-0.3, -0.25) is 9.80 Å². The molecule has 0 aromatic carbocycles. The molecule has 2 heterocycles. The highest BCUT2D eigenvalue weighted by Gasteiger charge is 2.26. The minimum absolute atomic E-state index is 0.0353. The highest BCUT2D eigenvalue weighted by atomic mass is 19.2. The van der Waals surface area contributed by atoms with Crippen LogP contribution in [0.3, 0.4) is 0 Å². The molecule has 1 aromatic heterocycles. The summed E-state index contributed by atoms with van der Waals surface area (Å²) in [5.74, 6) is 10.0. The minimum Gasteiger partial charge on any atom is -0.383 e. The molecule has 0 fully saturated rings. The summed E-state index contributed by atoms with van der Waals surface area (Å²) in [6.07, 6.45) is 7.85. The summed E-state index contributed by atoms with van der Waals surface area (Å²) in [4.78, 5) is 18.4. The molecule has 0 aliphatic carbocycles. The van der Waals surface area contributed by atoms with Gasteiger partial charge in [-0.1, -0.05) is 32.9 Å². The van der Waals surface area contributed by atoms with Gasteiger partial charge in [0.15, 0.2) is 17.5 Å². The number of hydrazine groups is 1. The van der Waals surface area contributed by atoms with Crippen molar-refractivity contribution in [1.82, 2.24) is 14.9 Å². The Hall–Kier alpha value is -3.27. The third-order valence-corrected chi connectivity index (χ3v) is 5.55. The molecule has 6 N–H and O–H groups in total. The summed E-state index contributed by atoms with van der Waals surface area (Å²) in [6.45, 7) is 8.32. The number of pyridine rings is 1. The Balaban J connectivity index is 2.29. The van der Waals surface area contributed by atoms with E-state index < -0.39 is 17.7 Å². The quantitative estimate of drug-likeness (QED) is 0.173. The maximum Gasteiger partial charge on any atom is 0.223 e. The van der Waals surface area contributed by atoms with Crippen molar-refractivity contribution in [3.63, 3.8) is 0 Å². The lowest BCUT2D eigenvalue weighted by Gasteiger charge is -2.28. The third-order valence-electron chi connectivity index (χ3n) is 5.55. The van der Waals surface area contributed by atoms with Crippen molar-refractivity contribution in [1.29, 1.82) is 0 Å². The fourth-order valence-corrected chi connectivity index (χ4v) is 3.55. The van der Waals surface area contributed by atoms with E-state index in [0.29, 0.717) is 43.8 Å². The fourth-order valence-electron chi connectivity index (χ4n) is 3.55. The minimum atomic E-state index is -1.19. The molecular weight excluding hydrogens is 440 g/mol. The number of hydrogen-bond donors (Lipinski definition) is 3. The number of anilines is 1. The van der Waals surface area contributed by atoms with Crippen molar-refractivity contribution < 1.29 is 13.6 Å². The van der Waals surface area contributed by atoms with Crippen LogP contribution < -0.4 is 17.4 Å². The van der Waals surface area contributed by atoms with Gasteiger partial charge in [0.2, 0.25) is 5.91 Å². The Morgan fingerprint density at radius 1 is 1.35 bits per heavy atom. The summed E-state index contributed by atoms with van der Waals surface area (Å²) in [6, 6.07) is 0.522. The van der Waals surface area contributed by atoms with Gasteiger partial charge in [0.05, 0.1) is 11.6 Å². The van der Waals surface area contributed by atoms with E-state index in [1.165, 1.54) is 13.0 Å². The van der Waals surface area contributed by atoms with Crippen LogP contribution in [0.1, 0.15) is 58.1 Å². The van der Waals surface area contributed by atoms with Crippen molar-refractivity contribution in [3.05, 3.63) is 53.3 Å². The van der Waals surface area contributed by atoms with Crippen LogP contribution in [0.5, 0.6) is 0 Å². The molecular formula is C24H35F2N7O. The molecule has 0 saturated carbocycles. The van der Waals surface area contributed by atoms with Crippen LogP contribution in [0.25, 0.3) is 5.57 Å². The van der Waals surface area contributed by atoms with Crippen LogP contribution in [0.2, 0.25) is 0 Å². The van der Waals surface area contributed by atoms with E-state index in [0.717, 1.165) is 22.2 Å². The molecule has 1 aliphatic rings. The van der Waals surface area contributed by atoms with Gasteiger partial charge < -0.3 is 16.5 Å². The molecule has 0 bridgehead atoms. The zero-order chi connectivity index (χ0) is 25.4. The number of amidine groups is 1. The Morgan fingerprint density at radius 2 is 2.06 bits per heavy atom. The number of amides is 1. The Labute approximate surface area is 199 Å². The van der Waals surface area contributed by atoms with E-state index in [-0.39, 0.29) is 17.6 Å². The van der Waals surface area contributed by atoms with E-state index in [1.807, 2.05) is 31.7 Å². The number of nitrogen functional groups attached to an aromatic ring is 1. The van der Waals surface area contributed by atoms with Crippen LogP contribution in [-0.4, -0.2) is 45.8 Å². The van der Waals surface area contributed by atoms with E-state index in [1.54, 1.807) is 12.3 Å². The van der Waals surface area contributed by atoms with Crippen molar-refractivity contribution in [3.8, 4) is 0 Å². The number of aromatic nitrogens is 1. The van der Waals surface area contributed by atoms with E-state index in [2.05, 4.69) is 10.1 Å². The highest BCUT2D eigenvalue weighted by molar-refractivity contribution is 6.02. The molecule has 2 rings (SSSR count). The average molecular weight is 476 g/mol. The van der Waals surface area contributed by atoms with Gasteiger partial charge in [0.25, 0.3) is 0 Å². The third kappa shape index (κ3) is 6.63. The number of nitrogens with two attached hydrogens (primary N) is 3. The second-order valence-electron chi connectivity index (χ2n) is 8.62. The maximum atomic E-state index is 14.6. The second-order valence-corrected chi connectivity index (χ2v) is 8.62. The smallest absolute Gasteiger partial charge is 0.223 e. The predicted molar refractivity (Wildman–Crippen MR) is 132 cm³/mol. The molecule has 8 nitrogen and oxygen atoms in total. The average Bonchev–Trinajstić information content (AvgIpc) is 2.82. The van der Waals surface area contributed by atoms with Gasteiger partial charge in [0.1, 0.15) is 5.82 Å². The summed E-state index contributed by atoms with van der Waals surface area (Å²) >= 11 is 0. The molecule has 0 radical (unpaired) electrons. The van der Waals surface area contributed by atoms with Crippen LogP contribution >= 0.6 is 0 Å². The first-order valence-electron chi connectivity index (χ1n) is 11.4. The highest BCUT2D eigenvalue weighted by Crippen LogP contribution is 2.26. The number of hydrazone groups is 1. The Kier molecular flexibility index (Phi) is 9.73. The van der Waals surface area contributed by atoms with Gasteiger partial charge in [-0.25, -0.2) is 19.6 Å². The summed E-state index contributed by atoms with van der Waals surface area (Å²) < 4.78 is 28.7. The van der Waals surface area contributed by atoms with E-state index in [9.17, 15) is 13.6 Å². The number of hydrogen-bond acceptors (Lipinski definition) is 6. The lowest BCUT2D eigenvalue weighted by atomic mass is 9.98. The molecule has 1 amide bonds. The normalized spacial score (nSPS) is 16.5. The summed E-state index contributed by atoms with van der Waals surface area (Å²) in [7, 11) is 0. The van der Waals surface area contributed by atoms with Crippen LogP contribution in [0.4, 0.5) is 14.6 Å². The number of carbonyl (C=O) groups is 1. The monoisotopic (exact) mass is 475 g/mol. The summed E-state index contributed by atoms with van der Waals surface area (Å²) in [5.41, 5.74) is 8.09. The van der Waals surface area contributed by atoms with Gasteiger partial charge >= 0.3 is 0 Å². The first kappa shape index (κ1) is 27.0. The topological polar surface area (TPSA) is 127 Å². The molecule has 1 aliphatic heterocycles. The molecule has 1 atom stereocenters. The van der Waals surface area contributed by atoms with Crippen molar-refractivity contribution in [2.24, 2.45) is 22.7 Å². The maximum absolute atomic E-state index is 14.6. The van der Waals surface area contributed by atoms with E-state index >= 15 is 0 Å². The predicted octanol–water partition coefficient (Wildman–Crippen LogP) is 3.63. The van der Waals surface area contributed by atoms with Crippen molar-refractivity contribution >= 4 is 23.1 Å². The van der Waals surface area contributed by atoms with Gasteiger partial charge in [-0.15, -0.1) is 0 Å². The van der Waals surface area contributed by atoms with E-state index in [4.69, 9.17) is 17.4 Å². The SMILES string of the molecule is CC/C=C\C(F)=C(\F)C(C)N(N)/C(=N\N)c1cc(C2=CCN(C(=O)CC(C)C)CC2)cnc1N. The van der Waals surface area contributed by atoms with Gasteiger partial charge in [0, 0.05) is 25.7 Å². The first-order valence-corrected chi connectivity index (χ1v) is 11.4. The number of rotatable bonds is 8. The van der Waals surface area contributed by atoms with Crippen molar-refractivity contribution in [2.75, 3.05) is 18.8 Å². The van der Waals surface area contributed by atoms with Crippen LogP contribution in [0.15, 0.2) is 47.2 Å². The number of nitrogens with zero attached hydrogens (tertiary/aromatic N) is 4. The molecule has 0 saturated heterocycles. The molecule has 186 valence electrons. The first-order chi connectivity index (χ1) is 16.1. The zero-order valence-electron chi connectivity index (χ0n) is 20.3. The number of allylic oxidation sites excluding steroid dienone is 3. The largest absolute Gasteiger partial charge is 0.383 e. The number of halogens is 2. The Morgan fingerprint density at radius 3 is 2.62 bits per heavy atom. The fraction of sp³-hybridized carbons (Fsp3) is 0.458. The molecule has 10 heteroatoms. The van der Waals surface area contributed by atoms with Crippen LogP contribution in [0, 0.1) is 5.92 Å². The van der Waals surface area contributed by atoms with Crippen molar-refractivity contribution in [2.45, 2.75) is 53.0 Å². The van der Waals surface area contributed by atoms with Gasteiger partial charge in [-0.05, 0) is 49.0 Å². The zero-order valence-corrected chi connectivity index (χ0v) is 20.3. The van der Waals surface area contributed by atoms with Gasteiger partial charge in [-0.2, -0.15) is 5.10 Å². The molecule has 1 unspecified atom stereocenters.